The Morgan fingerprint density at radius 1 is 1.15 bits per heavy atom. The van der Waals surface area contributed by atoms with Gasteiger partial charge in [-0.1, -0.05) is 52.9 Å². The van der Waals surface area contributed by atoms with Gasteiger partial charge >= 0.3 is 0 Å². The molecule has 0 heterocycles. The zero-order valence-corrected chi connectivity index (χ0v) is 17.9. The van der Waals surface area contributed by atoms with Crippen LogP contribution in [0.5, 0.6) is 0 Å². The number of nitrogens with zero attached hydrogens (tertiary/aromatic N) is 2. The van der Waals surface area contributed by atoms with Crippen molar-refractivity contribution >= 4 is 46.4 Å². The van der Waals surface area contributed by atoms with Crippen molar-refractivity contribution in [2.24, 2.45) is 5.16 Å². The van der Waals surface area contributed by atoms with E-state index in [4.69, 9.17) is 39.6 Å². The number of amides is 1. The lowest BCUT2D eigenvalue weighted by Crippen LogP contribution is -2.34. The highest BCUT2D eigenvalue weighted by molar-refractivity contribution is 6.42. The van der Waals surface area contributed by atoms with Crippen molar-refractivity contribution in [3.05, 3.63) is 68.2 Å². The van der Waals surface area contributed by atoms with Gasteiger partial charge in [-0.2, -0.15) is 0 Å². The molecule has 7 heteroatoms. The molecule has 2 aromatic rings. The number of carbonyl (C=O) groups excluding carboxylic acids is 1. The Balaban J connectivity index is 2.22. The molecule has 2 rings (SSSR count). The van der Waals surface area contributed by atoms with Gasteiger partial charge in [-0.25, -0.2) is 0 Å². The van der Waals surface area contributed by atoms with E-state index in [9.17, 15) is 4.79 Å². The van der Waals surface area contributed by atoms with E-state index in [2.05, 4.69) is 5.16 Å². The SMILES string of the molecule is CO/N=C(/CN(C)C(=O)c1cc(C)cc(Cl)c1)C(C)c1ccc(Cl)c(Cl)c1. The highest BCUT2D eigenvalue weighted by Crippen LogP contribution is 2.27. The molecule has 0 bridgehead atoms. The third-order valence-electron chi connectivity index (χ3n) is 4.19. The van der Waals surface area contributed by atoms with Crippen LogP contribution < -0.4 is 0 Å². The van der Waals surface area contributed by atoms with Crippen molar-refractivity contribution in [3.8, 4) is 0 Å². The van der Waals surface area contributed by atoms with E-state index in [0.717, 1.165) is 11.1 Å². The second-order valence-corrected chi connectivity index (χ2v) is 7.59. The van der Waals surface area contributed by atoms with E-state index in [1.807, 2.05) is 26.0 Å². The van der Waals surface area contributed by atoms with Crippen LogP contribution in [0.2, 0.25) is 15.1 Å². The van der Waals surface area contributed by atoms with Crippen LogP contribution in [0.15, 0.2) is 41.6 Å². The number of halogens is 3. The van der Waals surface area contributed by atoms with Gasteiger partial charge in [-0.15, -0.1) is 0 Å². The number of benzene rings is 2. The van der Waals surface area contributed by atoms with Crippen LogP contribution in [0.3, 0.4) is 0 Å². The molecule has 0 saturated heterocycles. The molecular weight excluding hydrogens is 407 g/mol. The molecule has 0 N–H and O–H groups in total. The monoisotopic (exact) mass is 426 g/mol. The van der Waals surface area contributed by atoms with Crippen molar-refractivity contribution in [1.82, 2.24) is 4.90 Å². The van der Waals surface area contributed by atoms with Crippen LogP contribution in [-0.2, 0) is 4.84 Å². The molecule has 0 aliphatic rings. The molecule has 1 amide bonds. The number of aryl methyl sites for hydroxylation is 1. The molecule has 0 saturated carbocycles. The highest BCUT2D eigenvalue weighted by atomic mass is 35.5. The largest absolute Gasteiger partial charge is 0.399 e. The summed E-state index contributed by atoms with van der Waals surface area (Å²) in [6.07, 6.45) is 0. The Bertz CT molecular complexity index is 848. The molecule has 0 radical (unpaired) electrons. The Hall–Kier alpha value is -1.75. The number of rotatable bonds is 6. The fourth-order valence-electron chi connectivity index (χ4n) is 2.73. The fraction of sp³-hybridized carbons (Fsp3) is 0.300. The van der Waals surface area contributed by atoms with E-state index in [0.29, 0.717) is 32.9 Å². The second-order valence-electron chi connectivity index (χ2n) is 6.34. The average Bonchev–Trinajstić information content (AvgIpc) is 2.61. The number of hydrogen-bond donors (Lipinski definition) is 0. The first-order valence-corrected chi connectivity index (χ1v) is 9.43. The quantitative estimate of drug-likeness (QED) is 0.430. The summed E-state index contributed by atoms with van der Waals surface area (Å²) in [6, 6.07) is 10.7. The maximum atomic E-state index is 12.8. The molecule has 27 heavy (non-hydrogen) atoms. The van der Waals surface area contributed by atoms with Crippen molar-refractivity contribution in [2.75, 3.05) is 20.7 Å². The van der Waals surface area contributed by atoms with Crippen LogP contribution in [0.25, 0.3) is 0 Å². The minimum Gasteiger partial charge on any atom is -0.399 e. The lowest BCUT2D eigenvalue weighted by atomic mass is 9.95. The summed E-state index contributed by atoms with van der Waals surface area (Å²) in [4.78, 5) is 19.4. The lowest BCUT2D eigenvalue weighted by Gasteiger charge is -2.22. The van der Waals surface area contributed by atoms with Crippen molar-refractivity contribution in [3.63, 3.8) is 0 Å². The summed E-state index contributed by atoms with van der Waals surface area (Å²) >= 11 is 18.2. The van der Waals surface area contributed by atoms with Gasteiger partial charge in [-0.05, 0) is 48.4 Å². The first kappa shape index (κ1) is 21.5. The highest BCUT2D eigenvalue weighted by Gasteiger charge is 2.21. The van der Waals surface area contributed by atoms with Crippen LogP contribution in [0, 0.1) is 6.92 Å². The standard InChI is InChI=1S/C20H21Cl3N2O2/c1-12-7-15(9-16(21)8-12)20(26)25(3)11-19(24-27-4)13(2)14-5-6-17(22)18(23)10-14/h5-10,13H,11H2,1-4H3/b24-19-. The molecule has 144 valence electrons. The minimum absolute atomic E-state index is 0.115. The number of hydrogen-bond acceptors (Lipinski definition) is 3. The van der Waals surface area contributed by atoms with Gasteiger partial charge in [0.15, 0.2) is 0 Å². The molecule has 2 aromatic carbocycles. The summed E-state index contributed by atoms with van der Waals surface area (Å²) in [5.41, 5.74) is 3.07. The van der Waals surface area contributed by atoms with Crippen molar-refractivity contribution < 1.29 is 9.63 Å². The van der Waals surface area contributed by atoms with Gasteiger partial charge in [0.05, 0.1) is 22.3 Å². The zero-order valence-electron chi connectivity index (χ0n) is 15.6. The summed E-state index contributed by atoms with van der Waals surface area (Å²) in [7, 11) is 3.19. The maximum absolute atomic E-state index is 12.8. The third kappa shape index (κ3) is 5.61. The fourth-order valence-corrected chi connectivity index (χ4v) is 3.33. The Morgan fingerprint density at radius 2 is 1.85 bits per heavy atom. The van der Waals surface area contributed by atoms with Crippen LogP contribution in [-0.4, -0.2) is 37.2 Å². The molecule has 1 atom stereocenters. The molecule has 0 aliphatic heterocycles. The van der Waals surface area contributed by atoms with E-state index in [-0.39, 0.29) is 11.8 Å². The summed E-state index contributed by atoms with van der Waals surface area (Å²) in [6.45, 7) is 4.16. The van der Waals surface area contributed by atoms with E-state index in [1.54, 1.807) is 36.2 Å². The Morgan fingerprint density at radius 3 is 2.44 bits per heavy atom. The molecule has 0 fully saturated rings. The van der Waals surface area contributed by atoms with E-state index < -0.39 is 0 Å². The van der Waals surface area contributed by atoms with Crippen molar-refractivity contribution in [2.45, 2.75) is 19.8 Å². The molecule has 1 unspecified atom stereocenters. The second kappa shape index (κ2) is 9.45. The number of carbonyl (C=O) groups is 1. The Kier molecular flexibility index (Phi) is 7.54. The summed E-state index contributed by atoms with van der Waals surface area (Å²) in [5.74, 6) is -0.262. The number of oxime groups is 1. The van der Waals surface area contributed by atoms with E-state index >= 15 is 0 Å². The average molecular weight is 428 g/mol. The molecule has 0 spiro atoms. The smallest absolute Gasteiger partial charge is 0.253 e. The topological polar surface area (TPSA) is 41.9 Å². The van der Waals surface area contributed by atoms with Gasteiger partial charge in [0, 0.05) is 23.6 Å². The first-order valence-electron chi connectivity index (χ1n) is 8.30. The zero-order chi connectivity index (χ0) is 20.1. The summed E-state index contributed by atoms with van der Waals surface area (Å²) < 4.78 is 0. The van der Waals surface area contributed by atoms with Crippen LogP contribution in [0.1, 0.15) is 34.3 Å². The summed E-state index contributed by atoms with van der Waals surface area (Å²) in [5, 5.41) is 5.61. The Labute approximate surface area is 174 Å². The molecule has 4 nitrogen and oxygen atoms in total. The van der Waals surface area contributed by atoms with Gasteiger partial charge < -0.3 is 9.74 Å². The lowest BCUT2D eigenvalue weighted by molar-refractivity contribution is 0.0812. The third-order valence-corrected chi connectivity index (χ3v) is 5.14. The predicted octanol–water partition coefficient (Wildman–Crippen LogP) is 5.83. The van der Waals surface area contributed by atoms with Crippen LogP contribution in [0.4, 0.5) is 0 Å². The molecular formula is C20H21Cl3N2O2. The molecule has 0 aromatic heterocycles. The van der Waals surface area contributed by atoms with E-state index in [1.165, 1.54) is 7.11 Å². The first-order chi connectivity index (χ1) is 12.7. The van der Waals surface area contributed by atoms with Crippen molar-refractivity contribution in [1.29, 1.82) is 0 Å². The van der Waals surface area contributed by atoms with Gasteiger partial charge in [0.2, 0.25) is 0 Å². The van der Waals surface area contributed by atoms with Crippen LogP contribution >= 0.6 is 34.8 Å². The normalized spacial score (nSPS) is 12.6. The minimum atomic E-state index is -0.147. The van der Waals surface area contributed by atoms with Gasteiger partial charge in [0.1, 0.15) is 7.11 Å². The molecule has 0 aliphatic carbocycles. The van der Waals surface area contributed by atoms with Gasteiger partial charge in [-0.3, -0.25) is 4.79 Å². The maximum Gasteiger partial charge on any atom is 0.253 e. The predicted molar refractivity (Wildman–Crippen MR) is 112 cm³/mol. The van der Waals surface area contributed by atoms with Gasteiger partial charge in [0.25, 0.3) is 5.91 Å².